The second-order valence-electron chi connectivity index (χ2n) is 5.65. The van der Waals surface area contributed by atoms with E-state index < -0.39 is 11.6 Å². The number of carbonyl (C=O) groups is 3. The molecular weight excluding hydrogens is 294 g/mol. The predicted molar refractivity (Wildman–Crippen MR) is 86.6 cm³/mol. The van der Waals surface area contributed by atoms with Crippen LogP contribution < -0.4 is 10.6 Å². The van der Waals surface area contributed by atoms with Gasteiger partial charge in [-0.05, 0) is 18.9 Å². The summed E-state index contributed by atoms with van der Waals surface area (Å²) in [7, 11) is 0. The molecule has 2 N–H and O–H groups in total. The number of nitrogens with zero attached hydrogens (tertiary/aromatic N) is 1. The lowest BCUT2D eigenvalue weighted by molar-refractivity contribution is -0.135. The summed E-state index contributed by atoms with van der Waals surface area (Å²) in [6.45, 7) is 4.03. The monoisotopic (exact) mass is 317 g/mol. The summed E-state index contributed by atoms with van der Waals surface area (Å²) in [6, 6.07) is 8.71. The highest BCUT2D eigenvalue weighted by molar-refractivity contribution is 6.09. The van der Waals surface area contributed by atoms with Crippen LogP contribution in [0.4, 0.5) is 4.79 Å². The minimum atomic E-state index is -1.07. The van der Waals surface area contributed by atoms with Gasteiger partial charge in [-0.1, -0.05) is 50.1 Å². The maximum atomic E-state index is 12.9. The predicted octanol–water partition coefficient (Wildman–Crippen LogP) is 1.76. The van der Waals surface area contributed by atoms with Crippen molar-refractivity contribution < 1.29 is 14.4 Å². The van der Waals surface area contributed by atoms with Crippen molar-refractivity contribution in [2.75, 3.05) is 13.1 Å². The van der Waals surface area contributed by atoms with Gasteiger partial charge in [0.25, 0.3) is 5.91 Å². The summed E-state index contributed by atoms with van der Waals surface area (Å²) in [5, 5.41) is 5.43. The largest absolute Gasteiger partial charge is 0.355 e. The number of carbonyl (C=O) groups excluding carboxylic acids is 3. The number of urea groups is 1. The van der Waals surface area contributed by atoms with E-state index in [1.807, 2.05) is 37.3 Å². The molecule has 1 aromatic carbocycles. The molecule has 0 unspecified atom stereocenters. The summed E-state index contributed by atoms with van der Waals surface area (Å²) >= 11 is 0. The van der Waals surface area contributed by atoms with Gasteiger partial charge in [-0.25, -0.2) is 4.79 Å². The molecule has 1 aliphatic heterocycles. The molecule has 1 atom stereocenters. The van der Waals surface area contributed by atoms with E-state index in [1.165, 1.54) is 0 Å². The molecule has 1 fully saturated rings. The molecule has 1 heterocycles. The zero-order chi connectivity index (χ0) is 16.9. The van der Waals surface area contributed by atoms with Crippen LogP contribution in [0.25, 0.3) is 0 Å². The Morgan fingerprint density at radius 3 is 2.52 bits per heavy atom. The molecule has 6 heteroatoms. The van der Waals surface area contributed by atoms with E-state index in [0.717, 1.165) is 23.3 Å². The van der Waals surface area contributed by atoms with Crippen molar-refractivity contribution in [1.29, 1.82) is 0 Å². The van der Waals surface area contributed by atoms with E-state index in [2.05, 4.69) is 10.6 Å². The standard InChI is InChI=1S/C17H23N3O3/c1-3-5-11-17(13-9-7-6-8-10-13)15(22)20(16(23)19-17)12-14(21)18-4-2/h6-10H,3-5,11-12H2,1-2H3,(H,18,21)(H,19,23)/t17-/m0/s1. The van der Waals surface area contributed by atoms with Gasteiger partial charge in [0.15, 0.2) is 0 Å². The van der Waals surface area contributed by atoms with Gasteiger partial charge in [-0.3, -0.25) is 14.5 Å². The average Bonchev–Trinajstić information content (AvgIpc) is 2.79. The molecule has 6 nitrogen and oxygen atoms in total. The highest BCUT2D eigenvalue weighted by Gasteiger charge is 2.52. The van der Waals surface area contributed by atoms with Crippen LogP contribution in [0.15, 0.2) is 30.3 Å². The van der Waals surface area contributed by atoms with Crippen molar-refractivity contribution in [1.82, 2.24) is 15.5 Å². The van der Waals surface area contributed by atoms with E-state index in [4.69, 9.17) is 0 Å². The molecule has 2 rings (SSSR count). The van der Waals surface area contributed by atoms with Crippen molar-refractivity contribution >= 4 is 17.8 Å². The first-order chi connectivity index (χ1) is 11.0. The van der Waals surface area contributed by atoms with Crippen LogP contribution in [0.5, 0.6) is 0 Å². The van der Waals surface area contributed by atoms with Crippen molar-refractivity contribution in [2.24, 2.45) is 0 Å². The van der Waals surface area contributed by atoms with Crippen LogP contribution in [0.3, 0.4) is 0 Å². The van der Waals surface area contributed by atoms with Crippen LogP contribution in [0.2, 0.25) is 0 Å². The van der Waals surface area contributed by atoms with Crippen LogP contribution in [-0.4, -0.2) is 35.8 Å². The van der Waals surface area contributed by atoms with E-state index in [1.54, 1.807) is 6.92 Å². The van der Waals surface area contributed by atoms with E-state index in [9.17, 15) is 14.4 Å². The van der Waals surface area contributed by atoms with Crippen molar-refractivity contribution in [2.45, 2.75) is 38.6 Å². The van der Waals surface area contributed by atoms with Crippen LogP contribution >= 0.6 is 0 Å². The van der Waals surface area contributed by atoms with E-state index in [0.29, 0.717) is 13.0 Å². The molecule has 0 bridgehead atoms. The molecule has 1 aromatic rings. The van der Waals surface area contributed by atoms with Gasteiger partial charge in [0, 0.05) is 6.54 Å². The van der Waals surface area contributed by atoms with Crippen molar-refractivity contribution in [3.63, 3.8) is 0 Å². The SMILES string of the molecule is CCCC[C@@]1(c2ccccc2)NC(=O)N(CC(=O)NCC)C1=O. The molecule has 0 aromatic heterocycles. The summed E-state index contributed by atoms with van der Waals surface area (Å²) in [5.41, 5.74) is -0.314. The third-order valence-corrected chi connectivity index (χ3v) is 4.02. The number of hydrogen-bond acceptors (Lipinski definition) is 3. The van der Waals surface area contributed by atoms with Gasteiger partial charge < -0.3 is 10.6 Å². The molecule has 0 saturated carbocycles. The zero-order valence-electron chi connectivity index (χ0n) is 13.6. The van der Waals surface area contributed by atoms with Gasteiger partial charge in [0.2, 0.25) is 5.91 Å². The van der Waals surface area contributed by atoms with Crippen molar-refractivity contribution in [3.05, 3.63) is 35.9 Å². The number of rotatable bonds is 7. The van der Waals surface area contributed by atoms with Crippen molar-refractivity contribution in [3.8, 4) is 0 Å². The topological polar surface area (TPSA) is 78.5 Å². The number of hydrogen-bond donors (Lipinski definition) is 2. The smallest absolute Gasteiger partial charge is 0.325 e. The lowest BCUT2D eigenvalue weighted by Gasteiger charge is -2.27. The summed E-state index contributed by atoms with van der Waals surface area (Å²) < 4.78 is 0. The van der Waals surface area contributed by atoms with Gasteiger partial charge in [0.05, 0.1) is 0 Å². The Balaban J connectivity index is 2.31. The molecule has 0 aliphatic carbocycles. The Bertz CT molecular complexity index is 588. The molecule has 0 radical (unpaired) electrons. The summed E-state index contributed by atoms with van der Waals surface area (Å²) in [5.74, 6) is -0.691. The average molecular weight is 317 g/mol. The quantitative estimate of drug-likeness (QED) is 0.752. The Labute approximate surface area is 136 Å². The minimum absolute atomic E-state index is 0.251. The third kappa shape index (κ3) is 3.36. The highest BCUT2D eigenvalue weighted by Crippen LogP contribution is 2.33. The van der Waals surface area contributed by atoms with E-state index >= 15 is 0 Å². The molecule has 124 valence electrons. The second kappa shape index (κ2) is 7.26. The number of likely N-dealkylation sites (N-methyl/N-ethyl adjacent to an activating group) is 1. The lowest BCUT2D eigenvalue weighted by Crippen LogP contribution is -2.45. The van der Waals surface area contributed by atoms with E-state index in [-0.39, 0.29) is 18.4 Å². The molecule has 1 aliphatic rings. The Morgan fingerprint density at radius 2 is 1.91 bits per heavy atom. The Hall–Kier alpha value is -2.37. The summed E-state index contributed by atoms with van der Waals surface area (Å²) in [6.07, 6.45) is 2.23. The van der Waals surface area contributed by atoms with Gasteiger partial charge in [0.1, 0.15) is 12.1 Å². The van der Waals surface area contributed by atoms with Gasteiger partial charge in [-0.15, -0.1) is 0 Å². The Kier molecular flexibility index (Phi) is 5.36. The first kappa shape index (κ1) is 17.0. The van der Waals surface area contributed by atoms with Crippen LogP contribution in [0, 0.1) is 0 Å². The minimum Gasteiger partial charge on any atom is -0.355 e. The van der Waals surface area contributed by atoms with Gasteiger partial charge >= 0.3 is 6.03 Å². The molecule has 4 amide bonds. The fourth-order valence-electron chi connectivity index (χ4n) is 2.84. The number of imide groups is 1. The molecular formula is C17H23N3O3. The molecule has 23 heavy (non-hydrogen) atoms. The molecule has 0 spiro atoms. The van der Waals surface area contributed by atoms with Crippen LogP contribution in [-0.2, 0) is 15.1 Å². The highest BCUT2D eigenvalue weighted by atomic mass is 16.2. The Morgan fingerprint density at radius 1 is 1.22 bits per heavy atom. The maximum absolute atomic E-state index is 12.9. The third-order valence-electron chi connectivity index (χ3n) is 4.02. The van der Waals surface area contributed by atoms with Gasteiger partial charge in [-0.2, -0.15) is 0 Å². The maximum Gasteiger partial charge on any atom is 0.325 e. The number of nitrogens with one attached hydrogen (secondary N) is 2. The number of unbranched alkanes of at least 4 members (excludes halogenated alkanes) is 1. The summed E-state index contributed by atoms with van der Waals surface area (Å²) in [4.78, 5) is 38.0. The normalized spacial score (nSPS) is 20.5. The first-order valence-corrected chi connectivity index (χ1v) is 8.01. The fraction of sp³-hybridized carbons (Fsp3) is 0.471. The lowest BCUT2D eigenvalue weighted by atomic mass is 9.85. The number of amides is 4. The number of benzene rings is 1. The van der Waals surface area contributed by atoms with Crippen LogP contribution in [0.1, 0.15) is 38.7 Å². The second-order valence-corrected chi connectivity index (χ2v) is 5.65. The molecule has 1 saturated heterocycles. The fourth-order valence-corrected chi connectivity index (χ4v) is 2.84. The zero-order valence-corrected chi connectivity index (χ0v) is 13.6. The first-order valence-electron chi connectivity index (χ1n) is 8.01.